The van der Waals surface area contributed by atoms with E-state index in [0.29, 0.717) is 22.7 Å². The summed E-state index contributed by atoms with van der Waals surface area (Å²) in [6.45, 7) is 3.33. The molecule has 49 heavy (non-hydrogen) atoms. The van der Waals surface area contributed by atoms with Gasteiger partial charge in [-0.25, -0.2) is 22.9 Å². The van der Waals surface area contributed by atoms with Gasteiger partial charge in [0.15, 0.2) is 22.7 Å². The summed E-state index contributed by atoms with van der Waals surface area (Å²) in [5, 5.41) is 8.36. The summed E-state index contributed by atoms with van der Waals surface area (Å²) in [5.41, 5.74) is 0.0471. The third kappa shape index (κ3) is 7.93. The molecule has 0 atom stereocenters. The fourth-order valence-electron chi connectivity index (χ4n) is 3.94. The van der Waals surface area contributed by atoms with E-state index in [4.69, 9.17) is 14.8 Å². The van der Waals surface area contributed by atoms with Gasteiger partial charge >= 0.3 is 23.7 Å². The Morgan fingerprint density at radius 1 is 0.796 bits per heavy atom. The molecule has 4 heterocycles. The van der Waals surface area contributed by atoms with Crippen LogP contribution in [0.25, 0.3) is 27.6 Å². The Morgan fingerprint density at radius 3 is 1.86 bits per heavy atom. The van der Waals surface area contributed by atoms with Crippen LogP contribution in [0.3, 0.4) is 0 Å². The van der Waals surface area contributed by atoms with E-state index in [2.05, 4.69) is 19.7 Å². The molecule has 0 saturated heterocycles. The maximum absolute atomic E-state index is 14.1. The lowest BCUT2D eigenvalue weighted by atomic mass is 10.2. The van der Waals surface area contributed by atoms with Crippen molar-refractivity contribution in [1.29, 1.82) is 0 Å². The number of anilines is 2. The van der Waals surface area contributed by atoms with E-state index in [1.54, 1.807) is 13.8 Å². The summed E-state index contributed by atoms with van der Waals surface area (Å²) in [6.07, 6.45) is -9.54. The van der Waals surface area contributed by atoms with E-state index in [-0.39, 0.29) is 27.9 Å². The van der Waals surface area contributed by atoms with Gasteiger partial charge < -0.3 is 29.1 Å². The molecule has 0 saturated carbocycles. The van der Waals surface area contributed by atoms with E-state index in [0.717, 1.165) is 23.2 Å². The number of aryl methyl sites for hydroxylation is 2. The molecule has 21 heteroatoms. The van der Waals surface area contributed by atoms with Crippen molar-refractivity contribution in [2.45, 2.75) is 26.2 Å². The first-order valence-electron chi connectivity index (χ1n) is 13.2. The summed E-state index contributed by atoms with van der Waals surface area (Å²) >= 11 is 0. The van der Waals surface area contributed by atoms with Gasteiger partial charge in [0.25, 0.3) is 11.6 Å². The van der Waals surface area contributed by atoms with Crippen molar-refractivity contribution >= 4 is 33.6 Å². The molecular formula is C28H21F8N7O6. The zero-order valence-corrected chi connectivity index (χ0v) is 25.3. The third-order valence-electron chi connectivity index (χ3n) is 6.30. The van der Waals surface area contributed by atoms with Gasteiger partial charge in [0.05, 0.1) is 28.8 Å². The van der Waals surface area contributed by atoms with Crippen LogP contribution < -0.4 is 27.5 Å². The second-order valence-corrected chi connectivity index (χ2v) is 10.1. The normalized spacial score (nSPS) is 11.6. The van der Waals surface area contributed by atoms with Crippen LogP contribution in [-0.4, -0.2) is 38.9 Å². The number of aromatic nitrogens is 5. The van der Waals surface area contributed by atoms with Gasteiger partial charge in [-0.1, -0.05) is 10.3 Å². The monoisotopic (exact) mass is 703 g/mol. The molecule has 0 spiro atoms. The summed E-state index contributed by atoms with van der Waals surface area (Å²) in [5.74, 6) is -1.49. The number of alkyl halides is 6. The van der Waals surface area contributed by atoms with Gasteiger partial charge in [0, 0.05) is 43.1 Å². The number of hydrogen-bond acceptors (Lipinski definition) is 11. The van der Waals surface area contributed by atoms with Gasteiger partial charge in [0.1, 0.15) is 11.5 Å². The van der Waals surface area contributed by atoms with Crippen molar-refractivity contribution in [3.05, 3.63) is 102 Å². The zero-order valence-electron chi connectivity index (χ0n) is 25.3. The topological polar surface area (TPSA) is 179 Å². The largest absolute Gasteiger partial charge is 0.433 e. The van der Waals surface area contributed by atoms with E-state index >= 15 is 0 Å². The highest BCUT2D eigenvalue weighted by Crippen LogP contribution is 2.28. The minimum Gasteiger partial charge on any atom is -0.396 e. The maximum Gasteiger partial charge on any atom is 0.433 e. The number of nitrogen functional groups attached to an aromatic ring is 1. The predicted octanol–water partition coefficient (Wildman–Crippen LogP) is 5.11. The highest BCUT2D eigenvalue weighted by atomic mass is 19.4. The summed E-state index contributed by atoms with van der Waals surface area (Å²) in [6, 6.07) is 4.90. The first-order valence-corrected chi connectivity index (χ1v) is 13.2. The molecule has 2 aromatic carbocycles. The van der Waals surface area contributed by atoms with Crippen molar-refractivity contribution in [2.24, 2.45) is 0 Å². The maximum atomic E-state index is 14.1. The average Bonchev–Trinajstić information content (AvgIpc) is 3.53. The van der Waals surface area contributed by atoms with Gasteiger partial charge in [-0.2, -0.15) is 31.3 Å². The lowest BCUT2D eigenvalue weighted by Crippen LogP contribution is -2.36. The van der Waals surface area contributed by atoms with Gasteiger partial charge in [-0.05, 0) is 26.0 Å². The molecule has 3 N–H and O–H groups in total. The fourth-order valence-corrected chi connectivity index (χ4v) is 3.94. The fraction of sp³-hybridized carbons (Fsp3) is 0.214. The van der Waals surface area contributed by atoms with E-state index in [1.807, 2.05) is 0 Å². The number of nitrogens with two attached hydrogens (primary N) is 1. The number of benzene rings is 2. The van der Waals surface area contributed by atoms with Gasteiger partial charge in [0.2, 0.25) is 0 Å². The van der Waals surface area contributed by atoms with Crippen molar-refractivity contribution in [2.75, 3.05) is 24.7 Å². The summed E-state index contributed by atoms with van der Waals surface area (Å²) < 4.78 is 115. The van der Waals surface area contributed by atoms with Crippen LogP contribution >= 0.6 is 0 Å². The van der Waals surface area contributed by atoms with Crippen LogP contribution in [0.2, 0.25) is 0 Å². The number of rotatable bonds is 2. The van der Waals surface area contributed by atoms with E-state index in [1.165, 1.54) is 36.1 Å². The van der Waals surface area contributed by atoms with E-state index < -0.39 is 57.9 Å². The Morgan fingerprint density at radius 2 is 1.35 bits per heavy atom. The highest BCUT2D eigenvalue weighted by molar-refractivity contribution is 5.83. The minimum absolute atomic E-state index is 0.0835. The minimum atomic E-state index is -4.90. The zero-order chi connectivity index (χ0) is 36.6. The molecule has 0 bridgehead atoms. The predicted molar refractivity (Wildman–Crippen MR) is 155 cm³/mol. The molecule has 0 amide bonds. The van der Waals surface area contributed by atoms with Crippen molar-refractivity contribution in [3.8, 4) is 5.69 Å². The Balaban J connectivity index is 0.000000178. The molecule has 260 valence electrons. The molecular weight excluding hydrogens is 682 g/mol. The van der Waals surface area contributed by atoms with Crippen LogP contribution in [0.1, 0.15) is 22.8 Å². The molecule has 0 unspecified atom stereocenters. The van der Waals surface area contributed by atoms with Crippen molar-refractivity contribution in [1.82, 2.24) is 24.8 Å². The summed E-state index contributed by atoms with van der Waals surface area (Å²) in [4.78, 5) is 40.2. The standard InChI is InChI=1S/C13H7F4N3O3.C8H7FN2O.C7H7F3N2O2/c1-5-6-2-8(7(14)3-9(6)23-19-5)20-11(21)4-10(13(15,16)17)18-12(20)22;1-4-5-2-7(10)6(9)3-8(5)12-11-4;1-12(2)6-11-4(7(8,9)10)3-5(13)14-6/h2-4H,1H3,(H,18,22);2-3H,10H2,1H3;3H,1-2H3. The Kier molecular flexibility index (Phi) is 9.68. The molecule has 0 fully saturated rings. The van der Waals surface area contributed by atoms with Crippen molar-refractivity contribution in [3.63, 3.8) is 0 Å². The second-order valence-electron chi connectivity index (χ2n) is 10.1. The van der Waals surface area contributed by atoms with Crippen LogP contribution in [0.4, 0.5) is 46.8 Å². The smallest absolute Gasteiger partial charge is 0.396 e. The SMILES string of the molecule is CN(C)c1nc(C(F)(F)F)cc(=O)o1.Cc1noc2cc(F)c(-n3c(=O)cc(C(F)(F)F)[nH]c3=O)cc12.Cc1noc2cc(F)c(N)cc12. The van der Waals surface area contributed by atoms with Crippen LogP contribution in [0.15, 0.2) is 64.2 Å². The van der Waals surface area contributed by atoms with Crippen molar-refractivity contribution < 1.29 is 48.6 Å². The Bertz CT molecular complexity index is 2300. The Labute approximate surface area is 266 Å². The number of halogens is 8. The molecule has 0 aliphatic heterocycles. The summed E-state index contributed by atoms with van der Waals surface area (Å²) in [7, 11) is 2.84. The number of aromatic amines is 1. The lowest BCUT2D eigenvalue weighted by Gasteiger charge is -2.10. The molecule has 4 aromatic heterocycles. The number of nitrogens with zero attached hydrogens (tertiary/aromatic N) is 5. The van der Waals surface area contributed by atoms with Crippen LogP contribution in [0.5, 0.6) is 0 Å². The quantitative estimate of drug-likeness (QED) is 0.181. The highest BCUT2D eigenvalue weighted by Gasteiger charge is 2.34. The van der Waals surface area contributed by atoms with Gasteiger partial charge in [-0.3, -0.25) is 4.79 Å². The molecule has 6 rings (SSSR count). The first-order chi connectivity index (χ1) is 22.7. The third-order valence-corrected chi connectivity index (χ3v) is 6.30. The first kappa shape index (κ1) is 35.8. The number of fused-ring (bicyclic) bond motifs is 2. The molecule has 0 aliphatic rings. The molecule has 6 aromatic rings. The van der Waals surface area contributed by atoms with Crippen LogP contribution in [-0.2, 0) is 12.4 Å². The van der Waals surface area contributed by atoms with E-state index in [9.17, 15) is 49.5 Å². The number of hydrogen-bond donors (Lipinski definition) is 2. The van der Waals surface area contributed by atoms with Crippen LogP contribution in [0, 0.1) is 25.5 Å². The molecule has 13 nitrogen and oxygen atoms in total. The number of nitrogens with one attached hydrogen (secondary N) is 1. The second kappa shape index (κ2) is 13.2. The van der Waals surface area contributed by atoms with Gasteiger partial charge in [-0.15, -0.1) is 0 Å². The Hall–Kier alpha value is -6.02. The molecule has 0 aliphatic carbocycles. The molecule has 0 radical (unpaired) electrons. The average molecular weight is 704 g/mol. The lowest BCUT2D eigenvalue weighted by molar-refractivity contribution is -0.142. The number of H-pyrrole nitrogens is 1.